The second-order valence-electron chi connectivity index (χ2n) is 7.36. The average Bonchev–Trinajstić information content (AvgIpc) is 3.09. The third-order valence-electron chi connectivity index (χ3n) is 4.73. The molecule has 8 heteroatoms. The topological polar surface area (TPSA) is 57.7 Å². The largest absolute Gasteiger partial charge is 0.455 e. The first-order valence-electron chi connectivity index (χ1n) is 9.68. The quantitative estimate of drug-likeness (QED) is 0.610. The van der Waals surface area contributed by atoms with Gasteiger partial charge in [-0.1, -0.05) is 29.8 Å². The fourth-order valence-electron chi connectivity index (χ4n) is 3.21. The monoisotopic (exact) mass is 442 g/mol. The van der Waals surface area contributed by atoms with Gasteiger partial charge in [-0.05, 0) is 38.4 Å². The summed E-state index contributed by atoms with van der Waals surface area (Å²) in [7, 11) is 3.96. The van der Waals surface area contributed by atoms with E-state index in [1.165, 1.54) is 11.3 Å². The molecule has 0 atom stereocenters. The minimum atomic E-state index is -0.0262. The number of ether oxygens (including phenoxy) is 1. The van der Waals surface area contributed by atoms with Crippen molar-refractivity contribution in [2.75, 3.05) is 32.1 Å². The maximum absolute atomic E-state index is 12.2. The van der Waals surface area contributed by atoms with E-state index in [-0.39, 0.29) is 12.3 Å². The van der Waals surface area contributed by atoms with Gasteiger partial charge in [-0.3, -0.25) is 4.79 Å². The van der Waals surface area contributed by atoms with Gasteiger partial charge in [0.05, 0.1) is 24.3 Å². The first-order valence-corrected chi connectivity index (χ1v) is 10.9. The molecule has 1 aliphatic rings. The number of nitrogens with one attached hydrogen (secondary N) is 1. The molecule has 0 aliphatic carbocycles. The van der Waals surface area contributed by atoms with Gasteiger partial charge in [-0.2, -0.15) is 0 Å². The zero-order valence-electron chi connectivity index (χ0n) is 16.9. The Balaban J connectivity index is 1.57. The molecule has 3 aromatic rings. The molecular formula is C22H23ClN4O2S. The van der Waals surface area contributed by atoms with Crippen LogP contribution in [0.15, 0.2) is 47.8 Å². The third kappa shape index (κ3) is 4.75. The number of aromatic nitrogens is 1. The number of anilines is 2. The molecule has 0 saturated carbocycles. The molecule has 0 radical (unpaired) electrons. The molecule has 2 aromatic carbocycles. The molecule has 0 bridgehead atoms. The number of likely N-dealkylation sites (N-methyl/N-ethyl adjacent to an activating group) is 1. The van der Waals surface area contributed by atoms with Gasteiger partial charge in [0, 0.05) is 29.1 Å². The number of rotatable bonds is 6. The lowest BCUT2D eigenvalue weighted by Crippen LogP contribution is -2.32. The van der Waals surface area contributed by atoms with Crippen molar-refractivity contribution in [3.63, 3.8) is 0 Å². The molecule has 1 aromatic heterocycles. The lowest BCUT2D eigenvalue weighted by atomic mass is 10.2. The van der Waals surface area contributed by atoms with Gasteiger partial charge in [0.1, 0.15) is 5.75 Å². The van der Waals surface area contributed by atoms with Crippen LogP contribution in [0.1, 0.15) is 11.3 Å². The second kappa shape index (κ2) is 9.04. The third-order valence-corrected chi connectivity index (χ3v) is 5.87. The minimum Gasteiger partial charge on any atom is -0.455 e. The van der Waals surface area contributed by atoms with E-state index in [2.05, 4.69) is 10.2 Å². The number of thiazole rings is 1. The summed E-state index contributed by atoms with van der Waals surface area (Å²) in [6.45, 7) is 2.03. The van der Waals surface area contributed by atoms with Gasteiger partial charge < -0.3 is 19.9 Å². The molecule has 30 heavy (non-hydrogen) atoms. The Morgan fingerprint density at radius 1 is 1.27 bits per heavy atom. The fourth-order valence-corrected chi connectivity index (χ4v) is 4.22. The van der Waals surface area contributed by atoms with Gasteiger partial charge in [0.2, 0.25) is 5.91 Å². The minimum absolute atomic E-state index is 0.0262. The molecule has 0 spiro atoms. The van der Waals surface area contributed by atoms with E-state index in [4.69, 9.17) is 21.3 Å². The number of amides is 1. The number of hydrogen-bond acceptors (Lipinski definition) is 6. The van der Waals surface area contributed by atoms with Crippen molar-refractivity contribution in [1.82, 2.24) is 15.2 Å². The highest BCUT2D eigenvalue weighted by Gasteiger charge is 2.24. The fraction of sp³-hybridized carbons (Fsp3) is 0.273. The SMILES string of the molecule is CN(C)CCNC(=O)Cc1csc(N2Cc3ccccc3Oc3ccc(Cl)cc32)n1. The zero-order chi connectivity index (χ0) is 21.1. The number of fused-ring (bicyclic) bond motifs is 2. The zero-order valence-corrected chi connectivity index (χ0v) is 18.5. The molecular weight excluding hydrogens is 420 g/mol. The normalized spacial score (nSPS) is 12.7. The number of halogens is 1. The van der Waals surface area contributed by atoms with E-state index in [1.54, 1.807) is 0 Å². The molecule has 0 unspecified atom stereocenters. The van der Waals surface area contributed by atoms with Gasteiger partial charge in [-0.15, -0.1) is 11.3 Å². The standard InChI is InChI=1S/C22H23ClN4O2S/c1-26(2)10-9-24-21(28)12-17-14-30-22(25-17)27-13-15-5-3-4-6-19(15)29-20-8-7-16(23)11-18(20)27/h3-8,11,14H,9-10,12-13H2,1-2H3,(H,24,28). The Hall–Kier alpha value is -2.61. The highest BCUT2D eigenvalue weighted by Crippen LogP contribution is 2.44. The van der Waals surface area contributed by atoms with E-state index in [0.717, 1.165) is 40.1 Å². The van der Waals surface area contributed by atoms with E-state index >= 15 is 0 Å². The number of carbonyl (C=O) groups excluding carboxylic acids is 1. The molecule has 0 saturated heterocycles. The maximum Gasteiger partial charge on any atom is 0.226 e. The Bertz CT molecular complexity index is 1050. The van der Waals surface area contributed by atoms with Crippen LogP contribution in [0.3, 0.4) is 0 Å². The summed E-state index contributed by atoms with van der Waals surface area (Å²) >= 11 is 7.79. The van der Waals surface area contributed by atoms with Crippen LogP contribution >= 0.6 is 22.9 Å². The van der Waals surface area contributed by atoms with Gasteiger partial charge in [-0.25, -0.2) is 4.98 Å². The van der Waals surface area contributed by atoms with Crippen molar-refractivity contribution in [2.45, 2.75) is 13.0 Å². The summed E-state index contributed by atoms with van der Waals surface area (Å²) in [5.41, 5.74) is 2.66. The summed E-state index contributed by atoms with van der Waals surface area (Å²) in [6.07, 6.45) is 0.257. The van der Waals surface area contributed by atoms with Crippen molar-refractivity contribution in [1.29, 1.82) is 0 Å². The summed E-state index contributed by atoms with van der Waals surface area (Å²) in [4.78, 5) is 21.1. The molecule has 6 nitrogen and oxygen atoms in total. The van der Waals surface area contributed by atoms with Crippen LogP contribution in [0.5, 0.6) is 11.5 Å². The van der Waals surface area contributed by atoms with Crippen LogP contribution in [-0.4, -0.2) is 43.0 Å². The van der Waals surface area contributed by atoms with Gasteiger partial charge in [0.25, 0.3) is 0 Å². The van der Waals surface area contributed by atoms with Crippen molar-refractivity contribution in [3.8, 4) is 11.5 Å². The molecule has 1 aliphatic heterocycles. The highest BCUT2D eigenvalue weighted by atomic mass is 35.5. The molecule has 1 amide bonds. The maximum atomic E-state index is 12.2. The smallest absolute Gasteiger partial charge is 0.226 e. The summed E-state index contributed by atoms with van der Waals surface area (Å²) in [5.74, 6) is 1.52. The van der Waals surface area contributed by atoms with Crippen molar-refractivity contribution in [3.05, 3.63) is 64.1 Å². The molecule has 2 heterocycles. The van der Waals surface area contributed by atoms with E-state index < -0.39 is 0 Å². The van der Waals surface area contributed by atoms with E-state index in [1.807, 2.05) is 66.8 Å². The molecule has 0 fully saturated rings. The number of benzene rings is 2. The van der Waals surface area contributed by atoms with Crippen LogP contribution < -0.4 is 15.0 Å². The van der Waals surface area contributed by atoms with Crippen LogP contribution in [0.25, 0.3) is 0 Å². The van der Waals surface area contributed by atoms with Crippen molar-refractivity contribution in [2.24, 2.45) is 0 Å². The highest BCUT2D eigenvalue weighted by molar-refractivity contribution is 7.13. The first kappa shape index (κ1) is 20.7. The Labute approximate surface area is 185 Å². The predicted molar refractivity (Wildman–Crippen MR) is 121 cm³/mol. The molecule has 156 valence electrons. The second-order valence-corrected chi connectivity index (χ2v) is 8.63. The summed E-state index contributed by atoms with van der Waals surface area (Å²) in [5, 5.41) is 6.29. The number of nitrogens with zero attached hydrogens (tertiary/aromatic N) is 3. The Kier molecular flexibility index (Phi) is 6.22. The molecule has 1 N–H and O–H groups in total. The van der Waals surface area contributed by atoms with Gasteiger partial charge in [0.15, 0.2) is 10.9 Å². The van der Waals surface area contributed by atoms with E-state index in [0.29, 0.717) is 18.1 Å². The number of carbonyl (C=O) groups is 1. The average molecular weight is 443 g/mol. The Morgan fingerprint density at radius 2 is 2.10 bits per heavy atom. The van der Waals surface area contributed by atoms with Crippen LogP contribution in [0, 0.1) is 0 Å². The van der Waals surface area contributed by atoms with Gasteiger partial charge >= 0.3 is 0 Å². The van der Waals surface area contributed by atoms with Crippen LogP contribution in [0.2, 0.25) is 5.02 Å². The van der Waals surface area contributed by atoms with Crippen LogP contribution in [0.4, 0.5) is 10.8 Å². The van der Waals surface area contributed by atoms with E-state index in [9.17, 15) is 4.79 Å². The lowest BCUT2D eigenvalue weighted by molar-refractivity contribution is -0.120. The summed E-state index contributed by atoms with van der Waals surface area (Å²) in [6, 6.07) is 13.5. The predicted octanol–water partition coefficient (Wildman–Crippen LogP) is 4.46. The lowest BCUT2D eigenvalue weighted by Gasteiger charge is -2.21. The number of hydrogen-bond donors (Lipinski definition) is 1. The van der Waals surface area contributed by atoms with Crippen molar-refractivity contribution >= 4 is 39.7 Å². The number of para-hydroxylation sites is 1. The summed E-state index contributed by atoms with van der Waals surface area (Å²) < 4.78 is 6.15. The van der Waals surface area contributed by atoms with Crippen molar-refractivity contribution < 1.29 is 9.53 Å². The molecule has 4 rings (SSSR count). The first-order chi connectivity index (χ1) is 14.5. The Morgan fingerprint density at radius 3 is 2.93 bits per heavy atom. The van der Waals surface area contributed by atoms with Crippen LogP contribution in [-0.2, 0) is 17.8 Å².